The number of carbonyl (C=O) groups is 1. The van der Waals surface area contributed by atoms with Crippen LogP contribution in [0.4, 0.5) is 0 Å². The first-order chi connectivity index (χ1) is 7.97. The zero-order chi connectivity index (χ0) is 13.0. The van der Waals surface area contributed by atoms with Crippen molar-refractivity contribution in [1.29, 1.82) is 5.26 Å². The molecule has 0 aliphatic carbocycles. The maximum atomic E-state index is 12.2. The standard InChI is InChI=1S/C14H18N2O/c1-10-8-11(2)13(12(3)9-10)14(17)16(4)7-5-6-15/h8-9H,5,7H2,1-4H3. The normalized spacial score (nSPS) is 9.82. The van der Waals surface area contributed by atoms with Gasteiger partial charge in [-0.05, 0) is 31.9 Å². The highest BCUT2D eigenvalue weighted by Gasteiger charge is 2.16. The molecule has 0 aliphatic heterocycles. The summed E-state index contributed by atoms with van der Waals surface area (Å²) in [5.41, 5.74) is 3.92. The van der Waals surface area contributed by atoms with Gasteiger partial charge in [0.25, 0.3) is 5.91 Å². The van der Waals surface area contributed by atoms with Crippen molar-refractivity contribution in [2.75, 3.05) is 13.6 Å². The number of hydrogen-bond donors (Lipinski definition) is 0. The zero-order valence-corrected chi connectivity index (χ0v) is 10.9. The number of benzene rings is 1. The van der Waals surface area contributed by atoms with Crippen molar-refractivity contribution in [2.24, 2.45) is 0 Å². The predicted molar refractivity (Wildman–Crippen MR) is 67.8 cm³/mol. The molecule has 3 heteroatoms. The molecule has 90 valence electrons. The molecule has 1 aromatic carbocycles. The average molecular weight is 230 g/mol. The number of rotatable bonds is 3. The summed E-state index contributed by atoms with van der Waals surface area (Å²) >= 11 is 0. The summed E-state index contributed by atoms with van der Waals surface area (Å²) in [6, 6.07) is 6.07. The Morgan fingerprint density at radius 3 is 2.29 bits per heavy atom. The number of amides is 1. The fourth-order valence-corrected chi connectivity index (χ4v) is 2.03. The molecular formula is C14H18N2O. The van der Waals surface area contributed by atoms with Crippen LogP contribution in [-0.2, 0) is 0 Å². The summed E-state index contributed by atoms with van der Waals surface area (Å²) in [6.07, 6.45) is 0.367. The summed E-state index contributed by atoms with van der Waals surface area (Å²) < 4.78 is 0. The van der Waals surface area contributed by atoms with Crippen molar-refractivity contribution >= 4 is 5.91 Å². The zero-order valence-electron chi connectivity index (χ0n) is 10.9. The molecule has 1 aromatic rings. The number of carbonyl (C=O) groups excluding carboxylic acids is 1. The van der Waals surface area contributed by atoms with E-state index in [2.05, 4.69) is 0 Å². The molecule has 0 fully saturated rings. The van der Waals surface area contributed by atoms with E-state index in [0.29, 0.717) is 13.0 Å². The van der Waals surface area contributed by atoms with Gasteiger partial charge in [0.2, 0.25) is 0 Å². The van der Waals surface area contributed by atoms with E-state index in [-0.39, 0.29) is 5.91 Å². The molecule has 0 aromatic heterocycles. The maximum absolute atomic E-state index is 12.2. The summed E-state index contributed by atoms with van der Waals surface area (Å²) in [5.74, 6) is -0.00440. The van der Waals surface area contributed by atoms with Gasteiger partial charge in [0, 0.05) is 19.2 Å². The molecule has 0 saturated carbocycles. The first kappa shape index (κ1) is 13.2. The Hall–Kier alpha value is -1.82. The number of nitriles is 1. The van der Waals surface area contributed by atoms with Gasteiger partial charge in [-0.1, -0.05) is 17.7 Å². The molecule has 1 rings (SSSR count). The Bertz CT molecular complexity index is 449. The first-order valence-electron chi connectivity index (χ1n) is 5.67. The number of aryl methyl sites for hydroxylation is 3. The molecule has 3 nitrogen and oxygen atoms in total. The van der Waals surface area contributed by atoms with E-state index in [9.17, 15) is 4.79 Å². The van der Waals surface area contributed by atoms with Crippen molar-refractivity contribution in [3.8, 4) is 6.07 Å². The summed E-state index contributed by atoms with van der Waals surface area (Å²) in [7, 11) is 1.73. The summed E-state index contributed by atoms with van der Waals surface area (Å²) in [6.45, 7) is 6.40. The van der Waals surface area contributed by atoms with Crippen LogP contribution < -0.4 is 0 Å². The van der Waals surface area contributed by atoms with E-state index in [4.69, 9.17) is 5.26 Å². The lowest BCUT2D eigenvalue weighted by molar-refractivity contribution is 0.0796. The van der Waals surface area contributed by atoms with Gasteiger partial charge >= 0.3 is 0 Å². The van der Waals surface area contributed by atoms with Crippen molar-refractivity contribution < 1.29 is 4.79 Å². The second-order valence-electron chi connectivity index (χ2n) is 4.41. The molecule has 0 unspecified atom stereocenters. The van der Waals surface area contributed by atoms with E-state index < -0.39 is 0 Å². The Balaban J connectivity index is 3.01. The maximum Gasteiger partial charge on any atom is 0.254 e. The number of nitrogens with zero attached hydrogens (tertiary/aromatic N) is 2. The van der Waals surface area contributed by atoms with E-state index >= 15 is 0 Å². The summed E-state index contributed by atoms with van der Waals surface area (Å²) in [4.78, 5) is 13.8. The van der Waals surface area contributed by atoms with Crippen LogP contribution in [0.3, 0.4) is 0 Å². The molecule has 0 heterocycles. The lowest BCUT2D eigenvalue weighted by atomic mass is 9.99. The van der Waals surface area contributed by atoms with Crippen molar-refractivity contribution in [2.45, 2.75) is 27.2 Å². The minimum atomic E-state index is -0.00440. The second kappa shape index (κ2) is 5.49. The van der Waals surface area contributed by atoms with Crippen LogP contribution in [0.25, 0.3) is 0 Å². The van der Waals surface area contributed by atoms with Gasteiger partial charge in [-0.25, -0.2) is 0 Å². The minimum absolute atomic E-state index is 0.00440. The molecule has 1 amide bonds. The number of hydrogen-bond acceptors (Lipinski definition) is 2. The highest BCUT2D eigenvalue weighted by Crippen LogP contribution is 2.18. The molecule has 0 spiro atoms. The fourth-order valence-electron chi connectivity index (χ4n) is 2.03. The van der Waals surface area contributed by atoms with Crippen molar-refractivity contribution in [1.82, 2.24) is 4.90 Å². The second-order valence-corrected chi connectivity index (χ2v) is 4.41. The lowest BCUT2D eigenvalue weighted by Gasteiger charge is -2.19. The molecule has 0 bridgehead atoms. The quantitative estimate of drug-likeness (QED) is 0.801. The fraction of sp³-hybridized carbons (Fsp3) is 0.429. The monoisotopic (exact) mass is 230 g/mol. The van der Waals surface area contributed by atoms with Crippen LogP contribution in [0.15, 0.2) is 12.1 Å². The minimum Gasteiger partial charge on any atom is -0.341 e. The third-order valence-corrected chi connectivity index (χ3v) is 2.80. The highest BCUT2D eigenvalue weighted by molar-refractivity contribution is 5.97. The lowest BCUT2D eigenvalue weighted by Crippen LogP contribution is -2.28. The summed E-state index contributed by atoms with van der Waals surface area (Å²) in [5, 5.41) is 8.53. The van der Waals surface area contributed by atoms with Gasteiger partial charge in [0.1, 0.15) is 0 Å². The smallest absolute Gasteiger partial charge is 0.254 e. The largest absolute Gasteiger partial charge is 0.341 e. The Labute approximate surface area is 103 Å². The van der Waals surface area contributed by atoms with E-state index in [1.807, 2.05) is 39.0 Å². The van der Waals surface area contributed by atoms with E-state index in [1.165, 1.54) is 0 Å². The molecular weight excluding hydrogens is 212 g/mol. The van der Waals surface area contributed by atoms with E-state index in [0.717, 1.165) is 22.3 Å². The van der Waals surface area contributed by atoms with Crippen LogP contribution in [0.1, 0.15) is 33.5 Å². The van der Waals surface area contributed by atoms with Crippen LogP contribution >= 0.6 is 0 Å². The Kier molecular flexibility index (Phi) is 4.28. The van der Waals surface area contributed by atoms with Crippen LogP contribution in [0.5, 0.6) is 0 Å². The van der Waals surface area contributed by atoms with Gasteiger partial charge in [-0.15, -0.1) is 0 Å². The SMILES string of the molecule is Cc1cc(C)c(C(=O)N(C)CCC#N)c(C)c1. The van der Waals surface area contributed by atoms with Crippen molar-refractivity contribution in [3.63, 3.8) is 0 Å². The molecule has 17 heavy (non-hydrogen) atoms. The van der Waals surface area contributed by atoms with Gasteiger partial charge in [0.05, 0.1) is 12.5 Å². The third kappa shape index (κ3) is 3.07. The predicted octanol–water partition coefficient (Wildman–Crippen LogP) is 2.60. The molecule has 0 saturated heterocycles. The van der Waals surface area contributed by atoms with Gasteiger partial charge in [0.15, 0.2) is 0 Å². The molecule has 0 aliphatic rings. The van der Waals surface area contributed by atoms with Crippen LogP contribution in [-0.4, -0.2) is 24.4 Å². The molecule has 0 radical (unpaired) electrons. The van der Waals surface area contributed by atoms with Gasteiger partial charge < -0.3 is 4.90 Å². The Morgan fingerprint density at radius 1 is 1.29 bits per heavy atom. The molecule has 0 atom stereocenters. The van der Waals surface area contributed by atoms with E-state index in [1.54, 1.807) is 11.9 Å². The highest BCUT2D eigenvalue weighted by atomic mass is 16.2. The average Bonchev–Trinajstić information content (AvgIpc) is 2.24. The van der Waals surface area contributed by atoms with Crippen LogP contribution in [0, 0.1) is 32.1 Å². The topological polar surface area (TPSA) is 44.1 Å². The van der Waals surface area contributed by atoms with Crippen molar-refractivity contribution in [3.05, 3.63) is 34.4 Å². The molecule has 0 N–H and O–H groups in total. The van der Waals surface area contributed by atoms with Gasteiger partial charge in [-0.3, -0.25) is 4.79 Å². The first-order valence-corrected chi connectivity index (χ1v) is 5.67. The third-order valence-electron chi connectivity index (χ3n) is 2.80. The van der Waals surface area contributed by atoms with Crippen LogP contribution in [0.2, 0.25) is 0 Å². The Morgan fingerprint density at radius 2 is 1.82 bits per heavy atom. The van der Waals surface area contributed by atoms with Gasteiger partial charge in [-0.2, -0.15) is 5.26 Å².